The van der Waals surface area contributed by atoms with Crippen LogP contribution in [-0.2, 0) is 27.4 Å². The van der Waals surface area contributed by atoms with Crippen LogP contribution < -0.4 is 16.0 Å². The molecule has 166 valence electrons. The summed E-state index contributed by atoms with van der Waals surface area (Å²) in [7, 11) is 0. The van der Waals surface area contributed by atoms with E-state index in [1.165, 1.54) is 6.07 Å². The number of amides is 4. The Kier molecular flexibility index (Phi) is 5.07. The van der Waals surface area contributed by atoms with Crippen molar-refractivity contribution < 1.29 is 24.2 Å². The quantitative estimate of drug-likeness (QED) is 0.430. The summed E-state index contributed by atoms with van der Waals surface area (Å²) in [6.45, 7) is 2.65. The third-order valence-electron chi connectivity index (χ3n) is 6.19. The van der Waals surface area contributed by atoms with Gasteiger partial charge in [-0.05, 0) is 41.7 Å². The normalized spacial score (nSPS) is 24.2. The van der Waals surface area contributed by atoms with Crippen molar-refractivity contribution in [2.75, 3.05) is 5.32 Å². The largest absolute Gasteiger partial charge is 0.508 e. The molecule has 9 heteroatoms. The highest BCUT2D eigenvalue weighted by molar-refractivity contribution is 6.00. The van der Waals surface area contributed by atoms with Gasteiger partial charge < -0.3 is 20.5 Å². The Morgan fingerprint density at radius 3 is 2.88 bits per heavy atom. The number of hydrogen-bond donors (Lipinski definition) is 4. The molecule has 3 atom stereocenters. The maximum absolute atomic E-state index is 12.3. The number of aryl methyl sites for hydroxylation is 1. The molecule has 3 unspecified atom stereocenters. The van der Waals surface area contributed by atoms with Crippen LogP contribution >= 0.6 is 0 Å². The Bertz CT molecular complexity index is 1120. The Morgan fingerprint density at radius 1 is 1.25 bits per heavy atom. The second kappa shape index (κ2) is 7.92. The fraction of sp³-hybridized carbons (Fsp3) is 0.348. The number of nitrogens with one attached hydrogen (secondary N) is 3. The van der Waals surface area contributed by atoms with Crippen LogP contribution in [0.1, 0.15) is 41.2 Å². The predicted octanol–water partition coefficient (Wildman–Crippen LogP) is 2.04. The highest BCUT2D eigenvalue weighted by Gasteiger charge is 2.53. The fourth-order valence-electron chi connectivity index (χ4n) is 4.38. The summed E-state index contributed by atoms with van der Waals surface area (Å²) in [6, 6.07) is 10.2. The molecule has 0 radical (unpaired) electrons. The second-order valence-electron chi connectivity index (χ2n) is 8.43. The zero-order valence-corrected chi connectivity index (χ0v) is 17.6. The van der Waals surface area contributed by atoms with Crippen LogP contribution in [-0.4, -0.2) is 40.1 Å². The molecule has 4 N–H and O–H groups in total. The predicted molar refractivity (Wildman–Crippen MR) is 114 cm³/mol. The van der Waals surface area contributed by atoms with Gasteiger partial charge in [-0.1, -0.05) is 24.3 Å². The van der Waals surface area contributed by atoms with Gasteiger partial charge in [-0.2, -0.15) is 0 Å². The number of hydrogen-bond acceptors (Lipinski definition) is 6. The summed E-state index contributed by atoms with van der Waals surface area (Å²) in [6.07, 6.45) is 0.619. The molecule has 0 saturated carbocycles. The molecule has 0 spiro atoms. The summed E-state index contributed by atoms with van der Waals surface area (Å²) >= 11 is 0. The number of imide groups is 1. The molecular weight excluding hydrogens is 412 g/mol. The number of fused-ring (bicyclic) bond motifs is 3. The van der Waals surface area contributed by atoms with Gasteiger partial charge in [-0.25, -0.2) is 4.79 Å². The summed E-state index contributed by atoms with van der Waals surface area (Å²) in [5.41, 5.74) is 4.32. The third kappa shape index (κ3) is 3.92. The Morgan fingerprint density at radius 2 is 2.09 bits per heavy atom. The van der Waals surface area contributed by atoms with Crippen LogP contribution in [0, 0.1) is 6.92 Å². The number of phenols is 1. The molecule has 4 amide bonds. The number of urea groups is 1. The van der Waals surface area contributed by atoms with E-state index in [1.807, 2.05) is 23.1 Å². The molecule has 3 aliphatic rings. The number of epoxide rings is 1. The van der Waals surface area contributed by atoms with Crippen molar-refractivity contribution in [3.05, 3.63) is 58.7 Å². The van der Waals surface area contributed by atoms with Gasteiger partial charge in [0, 0.05) is 31.3 Å². The van der Waals surface area contributed by atoms with Crippen molar-refractivity contribution in [3.63, 3.8) is 0 Å². The maximum Gasteiger partial charge on any atom is 0.319 e. The fourth-order valence-corrected chi connectivity index (χ4v) is 4.38. The van der Waals surface area contributed by atoms with Crippen molar-refractivity contribution in [1.82, 2.24) is 15.5 Å². The van der Waals surface area contributed by atoms with Gasteiger partial charge >= 0.3 is 6.03 Å². The molecule has 0 aliphatic carbocycles. The lowest BCUT2D eigenvalue weighted by atomic mass is 9.94. The Balaban J connectivity index is 1.23. The van der Waals surface area contributed by atoms with Crippen molar-refractivity contribution in [2.24, 2.45) is 0 Å². The van der Waals surface area contributed by atoms with Gasteiger partial charge in [0.15, 0.2) is 0 Å². The van der Waals surface area contributed by atoms with E-state index in [1.54, 1.807) is 19.1 Å². The van der Waals surface area contributed by atoms with Crippen molar-refractivity contribution >= 4 is 23.5 Å². The molecule has 2 saturated heterocycles. The van der Waals surface area contributed by atoms with Gasteiger partial charge in [-0.3, -0.25) is 19.8 Å². The van der Waals surface area contributed by atoms with Gasteiger partial charge in [0.25, 0.3) is 0 Å². The maximum atomic E-state index is 12.3. The zero-order valence-electron chi connectivity index (χ0n) is 17.6. The van der Waals surface area contributed by atoms with E-state index in [0.717, 1.165) is 22.3 Å². The molecule has 2 aromatic rings. The summed E-state index contributed by atoms with van der Waals surface area (Å²) in [5.74, 6) is -0.376. The minimum Gasteiger partial charge on any atom is -0.508 e. The molecule has 3 aliphatic heterocycles. The first-order chi connectivity index (χ1) is 15.4. The minimum absolute atomic E-state index is 0.0660. The van der Waals surface area contributed by atoms with Crippen molar-refractivity contribution in [2.45, 2.75) is 51.2 Å². The molecule has 3 heterocycles. The topological polar surface area (TPSA) is 123 Å². The number of piperidine rings is 1. The summed E-state index contributed by atoms with van der Waals surface area (Å²) < 4.78 is 5.83. The van der Waals surface area contributed by atoms with E-state index >= 15 is 0 Å². The molecule has 2 aromatic carbocycles. The smallest absolute Gasteiger partial charge is 0.319 e. The van der Waals surface area contributed by atoms with E-state index < -0.39 is 0 Å². The first kappa shape index (κ1) is 20.5. The number of rotatable bonds is 4. The SMILES string of the molecule is Cc1ccc(NC(=O)NCc2ccc3c(c2)CN(C2CCC(=O)NC2=O)C2OC32)cc1O. The number of carbonyl (C=O) groups is 3. The van der Waals surface area contributed by atoms with Crippen LogP contribution in [0.25, 0.3) is 0 Å². The summed E-state index contributed by atoms with van der Waals surface area (Å²) in [5, 5.41) is 17.7. The number of benzene rings is 2. The highest BCUT2D eigenvalue weighted by Crippen LogP contribution is 2.48. The highest BCUT2D eigenvalue weighted by atomic mass is 16.6. The molecule has 5 rings (SSSR count). The molecule has 9 nitrogen and oxygen atoms in total. The average Bonchev–Trinajstić information content (AvgIpc) is 3.56. The van der Waals surface area contributed by atoms with Gasteiger partial charge in [0.05, 0.1) is 6.04 Å². The third-order valence-corrected chi connectivity index (χ3v) is 6.19. The summed E-state index contributed by atoms with van der Waals surface area (Å²) in [4.78, 5) is 38.1. The van der Waals surface area contributed by atoms with Crippen LogP contribution in [0.3, 0.4) is 0 Å². The number of nitrogens with zero attached hydrogens (tertiary/aromatic N) is 1. The van der Waals surface area contributed by atoms with Crippen molar-refractivity contribution in [1.29, 1.82) is 0 Å². The van der Waals surface area contributed by atoms with E-state index in [0.29, 0.717) is 31.6 Å². The van der Waals surface area contributed by atoms with Gasteiger partial charge in [-0.15, -0.1) is 0 Å². The van der Waals surface area contributed by atoms with E-state index in [9.17, 15) is 19.5 Å². The van der Waals surface area contributed by atoms with E-state index in [2.05, 4.69) is 16.0 Å². The number of carbonyl (C=O) groups excluding carboxylic acids is 3. The number of ether oxygens (including phenoxy) is 1. The van der Waals surface area contributed by atoms with E-state index in [4.69, 9.17) is 4.74 Å². The lowest BCUT2D eigenvalue weighted by Crippen LogP contribution is -2.53. The molecule has 0 aromatic heterocycles. The number of anilines is 1. The van der Waals surface area contributed by atoms with Crippen molar-refractivity contribution in [3.8, 4) is 5.75 Å². The van der Waals surface area contributed by atoms with Crippen LogP contribution in [0.2, 0.25) is 0 Å². The van der Waals surface area contributed by atoms with E-state index in [-0.39, 0.29) is 42.0 Å². The molecule has 32 heavy (non-hydrogen) atoms. The molecule has 0 bridgehead atoms. The Labute approximate surface area is 184 Å². The second-order valence-corrected chi connectivity index (χ2v) is 8.43. The van der Waals surface area contributed by atoms with Crippen LogP contribution in [0.4, 0.5) is 10.5 Å². The molecular formula is C23H24N4O5. The van der Waals surface area contributed by atoms with Gasteiger partial charge in [0.1, 0.15) is 18.1 Å². The monoisotopic (exact) mass is 436 g/mol. The minimum atomic E-state index is -0.380. The first-order valence-corrected chi connectivity index (χ1v) is 10.6. The first-order valence-electron chi connectivity index (χ1n) is 10.6. The Hall–Kier alpha value is -3.43. The lowest BCUT2D eigenvalue weighted by Gasteiger charge is -2.34. The lowest BCUT2D eigenvalue weighted by molar-refractivity contribution is -0.138. The number of aromatic hydroxyl groups is 1. The zero-order chi connectivity index (χ0) is 22.4. The molecule has 2 fully saturated rings. The van der Waals surface area contributed by atoms with Crippen LogP contribution in [0.5, 0.6) is 5.75 Å². The van der Waals surface area contributed by atoms with Crippen LogP contribution in [0.15, 0.2) is 36.4 Å². The standard InChI is InChI=1S/C23H24N4O5/c1-12-2-4-15(9-18(12)28)25-23(31)24-10-13-3-5-16-14(8-13)11-27(22-20(16)32-22)17-6-7-19(29)26-21(17)30/h2-5,8-9,17,20,22,28H,6-7,10-11H2,1H3,(H2,24,25,31)(H,26,29,30). The average molecular weight is 436 g/mol. The number of phenolic OH excluding ortho intramolecular Hbond substituents is 1. The van der Waals surface area contributed by atoms with Gasteiger partial charge in [0.2, 0.25) is 11.8 Å².